The summed E-state index contributed by atoms with van der Waals surface area (Å²) in [6.45, 7) is 14.3. The van der Waals surface area contributed by atoms with Gasteiger partial charge >= 0.3 is 0 Å². The molecule has 0 spiro atoms. The maximum Gasteiger partial charge on any atom is 0.0473 e. The molecule has 2 aliphatic carbocycles. The smallest absolute Gasteiger partial charge is 0.0473 e. The molecule has 2 aliphatic rings. The lowest BCUT2D eigenvalue weighted by Gasteiger charge is -2.35. The Hall–Kier alpha value is -0.330. The molecule has 2 saturated carbocycles. The van der Waals surface area contributed by atoms with Crippen molar-refractivity contribution in [3.8, 4) is 0 Å². The number of rotatable bonds is 3. The van der Waals surface area contributed by atoms with E-state index < -0.39 is 0 Å². The fourth-order valence-corrected chi connectivity index (χ4v) is 4.12. The van der Waals surface area contributed by atoms with E-state index in [4.69, 9.17) is 4.99 Å². The third-order valence-corrected chi connectivity index (χ3v) is 5.70. The summed E-state index contributed by atoms with van der Waals surface area (Å²) in [6.07, 6.45) is 5.27. The van der Waals surface area contributed by atoms with Crippen molar-refractivity contribution in [1.29, 1.82) is 0 Å². The highest BCUT2D eigenvalue weighted by molar-refractivity contribution is 5.94. The van der Waals surface area contributed by atoms with E-state index in [0.717, 1.165) is 11.8 Å². The summed E-state index contributed by atoms with van der Waals surface area (Å²) in [6, 6.07) is 0.511. The molecule has 0 aromatic carbocycles. The number of fused-ring (bicyclic) bond motifs is 2. The van der Waals surface area contributed by atoms with Gasteiger partial charge in [-0.25, -0.2) is 0 Å². The summed E-state index contributed by atoms with van der Waals surface area (Å²) in [7, 11) is 0. The summed E-state index contributed by atoms with van der Waals surface area (Å²) in [5.41, 5.74) is 2.40. The van der Waals surface area contributed by atoms with E-state index in [1.54, 1.807) is 0 Å². The van der Waals surface area contributed by atoms with Crippen LogP contribution in [0.15, 0.2) is 4.99 Å². The molecule has 0 saturated heterocycles. The molecule has 1 nitrogen and oxygen atoms in total. The standard InChI is InChI=1S/C16H29N/c1-11(2)9-12(3)17-14-10-13-7-8-16(14,6)15(13,4)5/h11-13H,7-10H2,1-6H3/t12-,13+,16+/m1/s1. The summed E-state index contributed by atoms with van der Waals surface area (Å²) in [4.78, 5) is 5.08. The topological polar surface area (TPSA) is 12.4 Å². The van der Waals surface area contributed by atoms with E-state index in [1.807, 2.05) is 0 Å². The Kier molecular flexibility index (Phi) is 3.16. The largest absolute Gasteiger partial charge is 0.290 e. The molecule has 0 amide bonds. The maximum absolute atomic E-state index is 5.08. The lowest BCUT2D eigenvalue weighted by atomic mass is 9.70. The predicted molar refractivity (Wildman–Crippen MR) is 75.6 cm³/mol. The lowest BCUT2D eigenvalue weighted by Crippen LogP contribution is -2.33. The lowest BCUT2D eigenvalue weighted by molar-refractivity contribution is 0.193. The van der Waals surface area contributed by atoms with Crippen molar-refractivity contribution < 1.29 is 0 Å². The summed E-state index contributed by atoms with van der Waals surface area (Å²) in [5.74, 6) is 1.64. The molecule has 2 fully saturated rings. The van der Waals surface area contributed by atoms with Crippen LogP contribution < -0.4 is 0 Å². The zero-order valence-corrected chi connectivity index (χ0v) is 12.5. The van der Waals surface area contributed by atoms with Gasteiger partial charge in [-0.05, 0) is 49.9 Å². The van der Waals surface area contributed by atoms with Gasteiger partial charge in [-0.1, -0.05) is 34.6 Å². The van der Waals surface area contributed by atoms with Crippen molar-refractivity contribution in [3.05, 3.63) is 0 Å². The normalized spacial score (nSPS) is 39.2. The summed E-state index contributed by atoms with van der Waals surface area (Å²) < 4.78 is 0. The first-order valence-corrected chi connectivity index (χ1v) is 7.34. The molecule has 0 heterocycles. The highest BCUT2D eigenvalue weighted by Gasteiger charge is 2.59. The first-order valence-electron chi connectivity index (χ1n) is 7.34. The molecule has 1 heteroatoms. The minimum absolute atomic E-state index is 0.392. The van der Waals surface area contributed by atoms with Gasteiger partial charge < -0.3 is 0 Å². The summed E-state index contributed by atoms with van der Waals surface area (Å²) in [5, 5.41) is 0. The van der Waals surface area contributed by atoms with Crippen LogP contribution in [0.1, 0.15) is 67.2 Å². The highest BCUT2D eigenvalue weighted by Crippen LogP contribution is 2.64. The van der Waals surface area contributed by atoms with E-state index in [9.17, 15) is 0 Å². The molecule has 0 aromatic rings. The molecule has 0 radical (unpaired) electrons. The minimum atomic E-state index is 0.392. The SMILES string of the molecule is CC(C)C[C@@H](C)N=C1C[C@@H]2CC[C@]1(C)C2(C)C. The van der Waals surface area contributed by atoms with Gasteiger partial charge in [0.15, 0.2) is 0 Å². The van der Waals surface area contributed by atoms with Crippen molar-refractivity contribution in [3.63, 3.8) is 0 Å². The third-order valence-electron chi connectivity index (χ3n) is 5.70. The van der Waals surface area contributed by atoms with Gasteiger partial charge in [0.1, 0.15) is 0 Å². The molecule has 0 aromatic heterocycles. The molecule has 0 aliphatic heterocycles. The molecule has 3 atom stereocenters. The Labute approximate surface area is 107 Å². The van der Waals surface area contributed by atoms with E-state index in [-0.39, 0.29) is 0 Å². The second kappa shape index (κ2) is 4.10. The fourth-order valence-electron chi connectivity index (χ4n) is 4.12. The fraction of sp³-hybridized carbons (Fsp3) is 0.938. The van der Waals surface area contributed by atoms with Crippen molar-refractivity contribution in [2.75, 3.05) is 0 Å². The number of aliphatic imine (C=N–C) groups is 1. The maximum atomic E-state index is 5.08. The molecule has 2 rings (SSSR count). The Morgan fingerprint density at radius 2 is 1.88 bits per heavy atom. The van der Waals surface area contributed by atoms with Gasteiger partial charge in [-0.15, -0.1) is 0 Å². The predicted octanol–water partition coefficient (Wildman–Crippen LogP) is 4.71. The first-order chi connectivity index (χ1) is 7.77. The van der Waals surface area contributed by atoms with Crippen LogP contribution in [0.25, 0.3) is 0 Å². The van der Waals surface area contributed by atoms with E-state index in [2.05, 4.69) is 41.5 Å². The Morgan fingerprint density at radius 1 is 1.24 bits per heavy atom. The molecule has 0 unspecified atom stereocenters. The van der Waals surface area contributed by atoms with Crippen LogP contribution in [-0.4, -0.2) is 11.8 Å². The minimum Gasteiger partial charge on any atom is -0.290 e. The van der Waals surface area contributed by atoms with Crippen LogP contribution in [0.5, 0.6) is 0 Å². The van der Waals surface area contributed by atoms with Crippen LogP contribution in [0.4, 0.5) is 0 Å². The van der Waals surface area contributed by atoms with Gasteiger partial charge in [0.25, 0.3) is 0 Å². The van der Waals surface area contributed by atoms with Crippen LogP contribution in [-0.2, 0) is 0 Å². The molecule has 0 N–H and O–H groups in total. The number of nitrogens with zero attached hydrogens (tertiary/aromatic N) is 1. The molecular weight excluding hydrogens is 206 g/mol. The van der Waals surface area contributed by atoms with Gasteiger partial charge in [-0.2, -0.15) is 0 Å². The molecular formula is C16H29N. The van der Waals surface area contributed by atoms with Crippen LogP contribution in [0.3, 0.4) is 0 Å². The van der Waals surface area contributed by atoms with Crippen LogP contribution in [0.2, 0.25) is 0 Å². The number of hydrogen-bond acceptors (Lipinski definition) is 1. The molecule has 2 bridgehead atoms. The van der Waals surface area contributed by atoms with Crippen molar-refractivity contribution in [2.24, 2.45) is 27.7 Å². The quantitative estimate of drug-likeness (QED) is 0.672. The monoisotopic (exact) mass is 235 g/mol. The number of hydrogen-bond donors (Lipinski definition) is 0. The van der Waals surface area contributed by atoms with Gasteiger partial charge in [0.05, 0.1) is 0 Å². The van der Waals surface area contributed by atoms with Gasteiger partial charge in [0.2, 0.25) is 0 Å². The van der Waals surface area contributed by atoms with Gasteiger partial charge in [-0.3, -0.25) is 4.99 Å². The third kappa shape index (κ3) is 1.96. The van der Waals surface area contributed by atoms with Crippen molar-refractivity contribution in [1.82, 2.24) is 0 Å². The van der Waals surface area contributed by atoms with E-state index in [0.29, 0.717) is 16.9 Å². The van der Waals surface area contributed by atoms with E-state index >= 15 is 0 Å². The van der Waals surface area contributed by atoms with Crippen molar-refractivity contribution >= 4 is 5.71 Å². The van der Waals surface area contributed by atoms with Crippen LogP contribution >= 0.6 is 0 Å². The second-order valence-corrected chi connectivity index (χ2v) is 7.55. The molecule has 98 valence electrons. The van der Waals surface area contributed by atoms with E-state index in [1.165, 1.54) is 31.4 Å². The van der Waals surface area contributed by atoms with Gasteiger partial charge in [0, 0.05) is 17.2 Å². The Morgan fingerprint density at radius 3 is 2.29 bits per heavy atom. The summed E-state index contributed by atoms with van der Waals surface area (Å²) >= 11 is 0. The van der Waals surface area contributed by atoms with Crippen LogP contribution in [0, 0.1) is 22.7 Å². The Bertz CT molecular complexity index is 326. The zero-order valence-electron chi connectivity index (χ0n) is 12.5. The molecule has 17 heavy (non-hydrogen) atoms. The average molecular weight is 235 g/mol. The Balaban J connectivity index is 2.17. The highest BCUT2D eigenvalue weighted by atomic mass is 14.8. The zero-order chi connectivity index (χ0) is 12.8. The average Bonchev–Trinajstić information content (AvgIpc) is 2.49. The second-order valence-electron chi connectivity index (χ2n) is 7.55. The first kappa shape index (κ1) is 13.1. The van der Waals surface area contributed by atoms with Crippen molar-refractivity contribution in [2.45, 2.75) is 73.3 Å².